The smallest absolute Gasteiger partial charge is 0.337 e. The number of carboxylic acids is 1. The lowest BCUT2D eigenvalue weighted by Gasteiger charge is -2.29. The van der Waals surface area contributed by atoms with Gasteiger partial charge in [0.05, 0.1) is 17.4 Å². The minimum absolute atomic E-state index is 0.266. The van der Waals surface area contributed by atoms with Crippen molar-refractivity contribution in [2.45, 2.75) is 33.2 Å². The van der Waals surface area contributed by atoms with E-state index in [2.05, 4.69) is 16.8 Å². The van der Waals surface area contributed by atoms with E-state index in [1.165, 1.54) is 6.20 Å². The van der Waals surface area contributed by atoms with Gasteiger partial charge in [-0.25, -0.2) is 4.79 Å². The number of anilines is 1. The number of aromatic carboxylic acids is 1. The van der Waals surface area contributed by atoms with Gasteiger partial charge in [0.15, 0.2) is 0 Å². The van der Waals surface area contributed by atoms with E-state index >= 15 is 0 Å². The van der Waals surface area contributed by atoms with E-state index in [1.807, 2.05) is 13.8 Å². The molecule has 0 aromatic carbocycles. The second-order valence-corrected chi connectivity index (χ2v) is 3.99. The summed E-state index contributed by atoms with van der Waals surface area (Å²) in [6.45, 7) is 7.01. The summed E-state index contributed by atoms with van der Waals surface area (Å²) < 4.78 is 0. The topological polar surface area (TPSA) is 53.4 Å². The van der Waals surface area contributed by atoms with Crippen LogP contribution in [-0.2, 0) is 0 Å². The molecule has 1 aromatic heterocycles. The van der Waals surface area contributed by atoms with Crippen molar-refractivity contribution in [1.82, 2.24) is 4.98 Å². The van der Waals surface area contributed by atoms with Gasteiger partial charge in [0, 0.05) is 18.8 Å². The van der Waals surface area contributed by atoms with Crippen molar-refractivity contribution in [3.05, 3.63) is 24.0 Å². The first kappa shape index (κ1) is 12.5. The standard InChI is InChI=1S/C12H18N2O2/c1-4-7-14(9(2)3)11-8-13-6-5-10(11)12(15)16/h5-6,8-9H,4,7H2,1-3H3,(H,15,16). The zero-order valence-electron chi connectivity index (χ0n) is 9.97. The van der Waals surface area contributed by atoms with Gasteiger partial charge in [-0.05, 0) is 26.3 Å². The molecule has 0 bridgehead atoms. The predicted molar refractivity (Wildman–Crippen MR) is 64.0 cm³/mol. The lowest BCUT2D eigenvalue weighted by Crippen LogP contribution is -2.32. The van der Waals surface area contributed by atoms with Crippen molar-refractivity contribution >= 4 is 11.7 Å². The summed E-state index contributed by atoms with van der Waals surface area (Å²) in [6.07, 6.45) is 4.11. The van der Waals surface area contributed by atoms with Crippen LogP contribution in [0.2, 0.25) is 0 Å². The molecular formula is C12H18N2O2. The summed E-state index contributed by atoms with van der Waals surface area (Å²) in [5.74, 6) is -0.904. The van der Waals surface area contributed by atoms with E-state index in [4.69, 9.17) is 5.11 Å². The average Bonchev–Trinajstić information content (AvgIpc) is 2.25. The molecule has 0 unspecified atom stereocenters. The van der Waals surface area contributed by atoms with E-state index in [0.29, 0.717) is 11.3 Å². The van der Waals surface area contributed by atoms with Crippen LogP contribution in [0.1, 0.15) is 37.6 Å². The van der Waals surface area contributed by atoms with Crippen LogP contribution >= 0.6 is 0 Å². The van der Waals surface area contributed by atoms with Crippen molar-refractivity contribution in [3.8, 4) is 0 Å². The van der Waals surface area contributed by atoms with Gasteiger partial charge in [-0.3, -0.25) is 4.98 Å². The Labute approximate surface area is 95.9 Å². The summed E-state index contributed by atoms with van der Waals surface area (Å²) >= 11 is 0. The molecule has 1 aromatic rings. The van der Waals surface area contributed by atoms with E-state index in [-0.39, 0.29) is 6.04 Å². The van der Waals surface area contributed by atoms with Gasteiger partial charge in [0.1, 0.15) is 0 Å². The number of hydrogen-bond donors (Lipinski definition) is 1. The molecule has 0 radical (unpaired) electrons. The Morgan fingerprint density at radius 2 is 2.25 bits per heavy atom. The van der Waals surface area contributed by atoms with Gasteiger partial charge in [-0.2, -0.15) is 0 Å². The maximum absolute atomic E-state index is 11.1. The molecule has 0 fully saturated rings. The van der Waals surface area contributed by atoms with Gasteiger partial charge in [-0.1, -0.05) is 6.92 Å². The minimum Gasteiger partial charge on any atom is -0.478 e. The SMILES string of the molecule is CCCN(c1cnccc1C(=O)O)C(C)C. The van der Waals surface area contributed by atoms with Crippen LogP contribution in [0.15, 0.2) is 18.5 Å². The monoisotopic (exact) mass is 222 g/mol. The Balaban J connectivity index is 3.12. The zero-order chi connectivity index (χ0) is 12.1. The zero-order valence-corrected chi connectivity index (χ0v) is 9.97. The molecule has 1 heterocycles. The summed E-state index contributed by atoms with van der Waals surface area (Å²) in [6, 6.07) is 1.81. The second kappa shape index (κ2) is 5.49. The number of rotatable bonds is 5. The molecule has 0 saturated carbocycles. The third-order valence-corrected chi connectivity index (χ3v) is 2.43. The van der Waals surface area contributed by atoms with Crippen LogP contribution in [-0.4, -0.2) is 28.6 Å². The Bertz CT molecular complexity index is 364. The molecule has 1 N–H and O–H groups in total. The molecule has 0 spiro atoms. The number of carboxylic acid groups (broad SMARTS) is 1. The fourth-order valence-corrected chi connectivity index (χ4v) is 1.69. The Kier molecular flexibility index (Phi) is 4.28. The van der Waals surface area contributed by atoms with Crippen molar-refractivity contribution < 1.29 is 9.90 Å². The highest BCUT2D eigenvalue weighted by atomic mass is 16.4. The molecule has 4 nitrogen and oxygen atoms in total. The average molecular weight is 222 g/mol. The summed E-state index contributed by atoms with van der Waals surface area (Å²) in [4.78, 5) is 17.2. The molecule has 16 heavy (non-hydrogen) atoms. The number of aromatic nitrogens is 1. The molecule has 0 aliphatic rings. The van der Waals surface area contributed by atoms with Crippen LogP contribution in [0.25, 0.3) is 0 Å². The van der Waals surface area contributed by atoms with Crippen LogP contribution in [0, 0.1) is 0 Å². The third kappa shape index (κ3) is 2.72. The molecule has 4 heteroatoms. The van der Waals surface area contributed by atoms with Gasteiger partial charge in [-0.15, -0.1) is 0 Å². The number of hydrogen-bond acceptors (Lipinski definition) is 3. The van der Waals surface area contributed by atoms with Gasteiger partial charge < -0.3 is 10.0 Å². The first-order valence-corrected chi connectivity index (χ1v) is 5.51. The normalized spacial score (nSPS) is 10.5. The van der Waals surface area contributed by atoms with Crippen LogP contribution in [0.4, 0.5) is 5.69 Å². The molecule has 88 valence electrons. The lowest BCUT2D eigenvalue weighted by atomic mass is 10.1. The van der Waals surface area contributed by atoms with Crippen molar-refractivity contribution in [2.24, 2.45) is 0 Å². The second-order valence-electron chi connectivity index (χ2n) is 3.99. The van der Waals surface area contributed by atoms with Crippen molar-refractivity contribution in [1.29, 1.82) is 0 Å². The number of pyridine rings is 1. The largest absolute Gasteiger partial charge is 0.478 e. The number of nitrogens with zero attached hydrogens (tertiary/aromatic N) is 2. The quantitative estimate of drug-likeness (QED) is 0.831. The van der Waals surface area contributed by atoms with Crippen molar-refractivity contribution in [3.63, 3.8) is 0 Å². The fourth-order valence-electron chi connectivity index (χ4n) is 1.69. The van der Waals surface area contributed by atoms with E-state index in [1.54, 1.807) is 12.3 Å². The molecule has 0 amide bonds. The Hall–Kier alpha value is -1.58. The lowest BCUT2D eigenvalue weighted by molar-refractivity contribution is 0.0697. The van der Waals surface area contributed by atoms with E-state index < -0.39 is 5.97 Å². The van der Waals surface area contributed by atoms with Gasteiger partial charge >= 0.3 is 5.97 Å². The molecule has 0 atom stereocenters. The van der Waals surface area contributed by atoms with Gasteiger partial charge in [0.2, 0.25) is 0 Å². The van der Waals surface area contributed by atoms with Gasteiger partial charge in [0.25, 0.3) is 0 Å². The highest BCUT2D eigenvalue weighted by Gasteiger charge is 2.17. The Morgan fingerprint density at radius 3 is 2.75 bits per heavy atom. The summed E-state index contributed by atoms with van der Waals surface area (Å²) in [5.41, 5.74) is 1.02. The Morgan fingerprint density at radius 1 is 1.56 bits per heavy atom. The molecule has 1 rings (SSSR count). The first-order chi connectivity index (χ1) is 7.57. The van der Waals surface area contributed by atoms with E-state index in [9.17, 15) is 4.79 Å². The number of carbonyl (C=O) groups is 1. The maximum atomic E-state index is 11.1. The summed E-state index contributed by atoms with van der Waals surface area (Å²) in [5, 5.41) is 9.11. The third-order valence-electron chi connectivity index (χ3n) is 2.43. The highest BCUT2D eigenvalue weighted by Crippen LogP contribution is 2.21. The minimum atomic E-state index is -0.904. The van der Waals surface area contributed by atoms with Crippen molar-refractivity contribution in [2.75, 3.05) is 11.4 Å². The van der Waals surface area contributed by atoms with Crippen LogP contribution in [0.3, 0.4) is 0 Å². The van der Waals surface area contributed by atoms with E-state index in [0.717, 1.165) is 13.0 Å². The van der Waals surface area contributed by atoms with Crippen LogP contribution in [0.5, 0.6) is 0 Å². The summed E-state index contributed by atoms with van der Waals surface area (Å²) in [7, 11) is 0. The molecular weight excluding hydrogens is 204 g/mol. The first-order valence-electron chi connectivity index (χ1n) is 5.51. The fraction of sp³-hybridized carbons (Fsp3) is 0.500. The maximum Gasteiger partial charge on any atom is 0.337 e. The predicted octanol–water partition coefficient (Wildman–Crippen LogP) is 2.40. The molecule has 0 aliphatic heterocycles. The highest BCUT2D eigenvalue weighted by molar-refractivity contribution is 5.94. The molecule has 0 saturated heterocycles. The van der Waals surface area contributed by atoms with Crippen LogP contribution < -0.4 is 4.90 Å². The molecule has 0 aliphatic carbocycles.